The Kier molecular flexibility index (Phi) is 6.74. The Bertz CT molecular complexity index is 511. The van der Waals surface area contributed by atoms with Crippen molar-refractivity contribution in [2.75, 3.05) is 12.3 Å². The summed E-state index contributed by atoms with van der Waals surface area (Å²) in [7, 11) is 0. The zero-order valence-electron chi connectivity index (χ0n) is 13.3. The molecule has 1 aromatic rings. The zero-order valence-corrected chi connectivity index (χ0v) is 14.1. The first kappa shape index (κ1) is 17.6. The van der Waals surface area contributed by atoms with Crippen LogP contribution in [0, 0.1) is 19.8 Å². The summed E-state index contributed by atoms with van der Waals surface area (Å²) in [5, 5.41) is 5.63. The predicted octanol–water partition coefficient (Wildman–Crippen LogP) is 2.09. The van der Waals surface area contributed by atoms with E-state index in [0.29, 0.717) is 12.5 Å². The molecule has 0 atom stereocenters. The topological polar surface area (TPSA) is 76.0 Å². The summed E-state index contributed by atoms with van der Waals surface area (Å²) in [5.74, 6) is 0.353. The highest BCUT2D eigenvalue weighted by Crippen LogP contribution is 2.22. The first-order chi connectivity index (χ1) is 9.85. The number of imide groups is 1. The number of nitrogens with zero attached hydrogens (tertiary/aromatic N) is 2. The Labute approximate surface area is 130 Å². The van der Waals surface area contributed by atoms with Crippen LogP contribution in [0.15, 0.2) is 5.16 Å². The molecule has 21 heavy (non-hydrogen) atoms. The van der Waals surface area contributed by atoms with Gasteiger partial charge < -0.3 is 9.88 Å². The maximum Gasteiger partial charge on any atom is 0.321 e. The van der Waals surface area contributed by atoms with Gasteiger partial charge in [0.25, 0.3) is 0 Å². The van der Waals surface area contributed by atoms with E-state index in [2.05, 4.69) is 34.0 Å². The van der Waals surface area contributed by atoms with Gasteiger partial charge >= 0.3 is 6.03 Å². The normalized spacial score (nSPS) is 10.8. The lowest BCUT2D eigenvalue weighted by atomic mass is 10.2. The smallest absolute Gasteiger partial charge is 0.321 e. The molecule has 1 heterocycles. The average Bonchev–Trinajstić information content (AvgIpc) is 2.64. The van der Waals surface area contributed by atoms with E-state index in [9.17, 15) is 9.59 Å². The largest absolute Gasteiger partial charge is 0.338 e. The van der Waals surface area contributed by atoms with Crippen molar-refractivity contribution in [3.05, 3.63) is 11.4 Å². The van der Waals surface area contributed by atoms with E-state index in [-0.39, 0.29) is 11.7 Å². The van der Waals surface area contributed by atoms with Gasteiger partial charge in [-0.1, -0.05) is 25.6 Å². The van der Waals surface area contributed by atoms with Crippen molar-refractivity contribution < 1.29 is 9.59 Å². The number of carbonyl (C=O) groups is 2. The molecule has 0 radical (unpaired) electrons. The third-order valence-electron chi connectivity index (χ3n) is 2.89. The molecular formula is C14H24N4O2S. The summed E-state index contributed by atoms with van der Waals surface area (Å²) in [6, 6.07) is -0.457. The molecule has 0 spiro atoms. The highest BCUT2D eigenvalue weighted by molar-refractivity contribution is 7.99. The minimum atomic E-state index is -0.457. The van der Waals surface area contributed by atoms with Crippen molar-refractivity contribution in [1.82, 2.24) is 20.2 Å². The third kappa shape index (κ3) is 5.41. The van der Waals surface area contributed by atoms with Crippen LogP contribution < -0.4 is 10.6 Å². The summed E-state index contributed by atoms with van der Waals surface area (Å²) in [4.78, 5) is 27.5. The number of nitrogens with one attached hydrogen (secondary N) is 2. The van der Waals surface area contributed by atoms with Crippen molar-refractivity contribution in [2.24, 2.45) is 5.92 Å². The Morgan fingerprint density at radius 1 is 1.33 bits per heavy atom. The molecule has 6 nitrogen and oxygen atoms in total. The summed E-state index contributed by atoms with van der Waals surface area (Å²) >= 11 is 1.35. The molecular weight excluding hydrogens is 288 g/mol. The lowest BCUT2D eigenvalue weighted by Crippen LogP contribution is -2.40. The van der Waals surface area contributed by atoms with Crippen molar-refractivity contribution in [1.29, 1.82) is 0 Å². The number of hydrogen-bond donors (Lipinski definition) is 2. The summed E-state index contributed by atoms with van der Waals surface area (Å²) in [6.07, 6.45) is 0. The molecule has 0 saturated heterocycles. The maximum absolute atomic E-state index is 11.7. The van der Waals surface area contributed by atoms with Gasteiger partial charge in [-0.2, -0.15) is 0 Å². The highest BCUT2D eigenvalue weighted by atomic mass is 32.2. The molecule has 0 bridgehead atoms. The first-order valence-corrected chi connectivity index (χ1v) is 8.07. The van der Waals surface area contributed by atoms with Crippen LogP contribution in [0.1, 0.15) is 32.2 Å². The van der Waals surface area contributed by atoms with Crippen molar-refractivity contribution in [3.63, 3.8) is 0 Å². The van der Waals surface area contributed by atoms with E-state index < -0.39 is 6.03 Å². The standard InChI is InChI=1S/C14H24N4O2S/c1-6-15-13(20)17-12(19)8-21-14-16-10(4)11(5)18(14)7-9(2)3/h9H,6-8H2,1-5H3,(H2,15,17,19,20). The monoisotopic (exact) mass is 312 g/mol. The Hall–Kier alpha value is -1.50. The van der Waals surface area contributed by atoms with E-state index in [1.54, 1.807) is 6.92 Å². The minimum Gasteiger partial charge on any atom is -0.338 e. The zero-order chi connectivity index (χ0) is 16.0. The molecule has 7 heteroatoms. The molecule has 0 aromatic carbocycles. The fourth-order valence-electron chi connectivity index (χ4n) is 1.81. The Morgan fingerprint density at radius 3 is 2.57 bits per heavy atom. The second-order valence-electron chi connectivity index (χ2n) is 5.27. The Balaban J connectivity index is 2.64. The van der Waals surface area contributed by atoms with Crippen LogP contribution >= 0.6 is 11.8 Å². The van der Waals surface area contributed by atoms with E-state index >= 15 is 0 Å². The fraction of sp³-hybridized carbons (Fsp3) is 0.643. The summed E-state index contributed by atoms with van der Waals surface area (Å²) < 4.78 is 2.13. The molecule has 0 fully saturated rings. The summed E-state index contributed by atoms with van der Waals surface area (Å²) in [6.45, 7) is 11.4. The third-order valence-corrected chi connectivity index (χ3v) is 3.87. The van der Waals surface area contributed by atoms with Gasteiger partial charge in [0.2, 0.25) is 5.91 Å². The van der Waals surface area contributed by atoms with Crippen LogP contribution in [-0.2, 0) is 11.3 Å². The fourth-order valence-corrected chi connectivity index (χ4v) is 2.71. The number of imidazole rings is 1. The second kappa shape index (κ2) is 8.07. The van der Waals surface area contributed by atoms with Crippen LogP contribution in [0.5, 0.6) is 0 Å². The van der Waals surface area contributed by atoms with Crippen LogP contribution in [0.25, 0.3) is 0 Å². The number of carbonyl (C=O) groups excluding carboxylic acids is 2. The van der Waals surface area contributed by atoms with Crippen LogP contribution in [0.3, 0.4) is 0 Å². The lowest BCUT2D eigenvalue weighted by Gasteiger charge is -2.12. The van der Waals surface area contributed by atoms with Crippen molar-refractivity contribution in [2.45, 2.75) is 46.3 Å². The SMILES string of the molecule is CCNC(=O)NC(=O)CSc1nc(C)c(C)n1CC(C)C. The van der Waals surface area contributed by atoms with E-state index in [1.165, 1.54) is 11.8 Å². The number of thioether (sulfide) groups is 1. The van der Waals surface area contributed by atoms with Crippen molar-refractivity contribution >= 4 is 23.7 Å². The molecule has 3 amide bonds. The van der Waals surface area contributed by atoms with Gasteiger partial charge in [0.15, 0.2) is 5.16 Å². The molecule has 1 aromatic heterocycles. The molecule has 118 valence electrons. The van der Waals surface area contributed by atoms with E-state index in [4.69, 9.17) is 0 Å². The minimum absolute atomic E-state index is 0.172. The van der Waals surface area contributed by atoms with E-state index in [1.807, 2.05) is 13.8 Å². The molecule has 0 saturated carbocycles. The second-order valence-corrected chi connectivity index (χ2v) is 6.21. The van der Waals surface area contributed by atoms with Crippen molar-refractivity contribution in [3.8, 4) is 0 Å². The molecule has 0 aliphatic rings. The number of urea groups is 1. The lowest BCUT2D eigenvalue weighted by molar-refractivity contribution is -0.117. The highest BCUT2D eigenvalue weighted by Gasteiger charge is 2.15. The molecule has 0 unspecified atom stereocenters. The summed E-state index contributed by atoms with van der Waals surface area (Å²) in [5.41, 5.74) is 2.10. The van der Waals surface area contributed by atoms with Gasteiger partial charge in [-0.05, 0) is 26.7 Å². The first-order valence-electron chi connectivity index (χ1n) is 7.09. The van der Waals surface area contributed by atoms with Gasteiger partial charge in [-0.3, -0.25) is 10.1 Å². The number of aromatic nitrogens is 2. The van der Waals surface area contributed by atoms with Gasteiger partial charge in [-0.25, -0.2) is 9.78 Å². The van der Waals surface area contributed by atoms with Gasteiger partial charge in [0.05, 0.1) is 11.4 Å². The van der Waals surface area contributed by atoms with Gasteiger partial charge in [0.1, 0.15) is 0 Å². The van der Waals surface area contributed by atoms with Crippen LogP contribution in [0.4, 0.5) is 4.79 Å². The number of aryl methyl sites for hydroxylation is 1. The molecule has 2 N–H and O–H groups in total. The average molecular weight is 312 g/mol. The van der Waals surface area contributed by atoms with Gasteiger partial charge in [0, 0.05) is 18.8 Å². The molecule has 0 aliphatic heterocycles. The quantitative estimate of drug-likeness (QED) is 0.789. The number of hydrogen-bond acceptors (Lipinski definition) is 4. The number of amides is 3. The van der Waals surface area contributed by atoms with Crippen LogP contribution in [-0.4, -0.2) is 33.8 Å². The predicted molar refractivity (Wildman–Crippen MR) is 84.5 cm³/mol. The van der Waals surface area contributed by atoms with Crippen LogP contribution in [0.2, 0.25) is 0 Å². The van der Waals surface area contributed by atoms with Gasteiger partial charge in [-0.15, -0.1) is 0 Å². The molecule has 0 aliphatic carbocycles. The Morgan fingerprint density at radius 2 is 2.00 bits per heavy atom. The maximum atomic E-state index is 11.7. The number of rotatable bonds is 6. The van der Waals surface area contributed by atoms with E-state index in [0.717, 1.165) is 23.1 Å². The molecule has 1 rings (SSSR count).